The number of rotatable bonds is 1. The van der Waals surface area contributed by atoms with Gasteiger partial charge in [-0.05, 0) is 22.6 Å². The van der Waals surface area contributed by atoms with Gasteiger partial charge in [0.15, 0.2) is 0 Å². The first-order valence-electron chi connectivity index (χ1n) is 4.52. The molecule has 0 aromatic rings. The van der Waals surface area contributed by atoms with E-state index in [0.29, 0.717) is 12.5 Å². The number of nitrogens with zero attached hydrogens (tertiary/aromatic N) is 1. The molecule has 0 aliphatic carbocycles. The Morgan fingerprint density at radius 1 is 1.54 bits per heavy atom. The summed E-state index contributed by atoms with van der Waals surface area (Å²) >= 11 is 2.23. The zero-order valence-corrected chi connectivity index (χ0v) is 9.49. The molecule has 2 aliphatic rings. The van der Waals surface area contributed by atoms with Gasteiger partial charge in [0.05, 0.1) is 19.1 Å². The van der Waals surface area contributed by atoms with Gasteiger partial charge in [0.1, 0.15) is 4.11 Å². The van der Waals surface area contributed by atoms with E-state index in [-0.39, 0.29) is 10.0 Å². The number of carbonyl (C=O) groups is 1. The van der Waals surface area contributed by atoms with Crippen LogP contribution in [0, 0.1) is 5.92 Å². The summed E-state index contributed by atoms with van der Waals surface area (Å²) in [6.45, 7) is 3.88. The first kappa shape index (κ1) is 9.67. The van der Waals surface area contributed by atoms with E-state index < -0.39 is 0 Å². The lowest BCUT2D eigenvalue weighted by molar-refractivity contribution is -0.141. The van der Waals surface area contributed by atoms with Gasteiger partial charge in [0.2, 0.25) is 5.91 Å². The number of morpholine rings is 1. The highest BCUT2D eigenvalue weighted by Crippen LogP contribution is 2.15. The van der Waals surface area contributed by atoms with Crippen LogP contribution in [-0.2, 0) is 9.53 Å². The summed E-state index contributed by atoms with van der Waals surface area (Å²) in [5, 5.41) is 3.11. The molecule has 0 aromatic carbocycles. The van der Waals surface area contributed by atoms with Crippen LogP contribution in [0.1, 0.15) is 0 Å². The minimum absolute atomic E-state index is 0.170. The number of amides is 1. The van der Waals surface area contributed by atoms with Gasteiger partial charge >= 0.3 is 0 Å². The van der Waals surface area contributed by atoms with Crippen molar-refractivity contribution in [2.75, 3.05) is 32.8 Å². The average molecular weight is 296 g/mol. The number of ether oxygens (including phenoxy) is 1. The molecule has 2 aliphatic heterocycles. The predicted molar refractivity (Wildman–Crippen MR) is 56.7 cm³/mol. The molecule has 2 rings (SSSR count). The van der Waals surface area contributed by atoms with Crippen molar-refractivity contribution in [1.82, 2.24) is 10.2 Å². The van der Waals surface area contributed by atoms with Crippen molar-refractivity contribution in [3.63, 3.8) is 0 Å². The topological polar surface area (TPSA) is 41.6 Å². The van der Waals surface area contributed by atoms with Gasteiger partial charge in [-0.25, -0.2) is 0 Å². The maximum atomic E-state index is 11.8. The number of nitrogens with one attached hydrogen (secondary N) is 1. The molecule has 0 saturated carbocycles. The Bertz CT molecular complexity index is 208. The van der Waals surface area contributed by atoms with Crippen LogP contribution in [0.3, 0.4) is 0 Å². The molecule has 2 saturated heterocycles. The fourth-order valence-electron chi connectivity index (χ4n) is 1.53. The van der Waals surface area contributed by atoms with E-state index in [1.165, 1.54) is 0 Å². The Hall–Kier alpha value is 0.120. The van der Waals surface area contributed by atoms with Crippen LogP contribution < -0.4 is 5.32 Å². The van der Waals surface area contributed by atoms with Gasteiger partial charge in [-0.1, -0.05) is 0 Å². The molecule has 1 unspecified atom stereocenters. The molecular weight excluding hydrogens is 283 g/mol. The lowest BCUT2D eigenvalue weighted by Gasteiger charge is -2.36. The smallest absolute Gasteiger partial charge is 0.228 e. The normalized spacial score (nSPS) is 29.9. The Labute approximate surface area is 91.1 Å². The first-order chi connectivity index (χ1) is 6.27. The maximum absolute atomic E-state index is 11.8. The van der Waals surface area contributed by atoms with E-state index in [4.69, 9.17) is 4.74 Å². The maximum Gasteiger partial charge on any atom is 0.228 e. The first-order valence-corrected chi connectivity index (χ1v) is 5.77. The molecule has 1 atom stereocenters. The molecule has 5 heteroatoms. The van der Waals surface area contributed by atoms with Crippen molar-refractivity contribution in [3.05, 3.63) is 0 Å². The standard InChI is InChI=1S/C8H13IN2O2/c9-7-5-11(1-2-13-7)8(12)6-3-10-4-6/h6-7,10H,1-5H2. The van der Waals surface area contributed by atoms with Gasteiger partial charge in [-0.3, -0.25) is 4.79 Å². The van der Waals surface area contributed by atoms with E-state index in [9.17, 15) is 4.79 Å². The predicted octanol–water partition coefficient (Wildman–Crippen LogP) is -0.174. The van der Waals surface area contributed by atoms with Crippen molar-refractivity contribution in [1.29, 1.82) is 0 Å². The fraction of sp³-hybridized carbons (Fsp3) is 0.875. The highest BCUT2D eigenvalue weighted by molar-refractivity contribution is 14.1. The van der Waals surface area contributed by atoms with Crippen LogP contribution in [0.5, 0.6) is 0 Å². The van der Waals surface area contributed by atoms with Crippen molar-refractivity contribution < 1.29 is 9.53 Å². The zero-order valence-electron chi connectivity index (χ0n) is 7.33. The lowest BCUT2D eigenvalue weighted by Crippen LogP contribution is -2.55. The van der Waals surface area contributed by atoms with E-state index in [1.807, 2.05) is 4.90 Å². The molecule has 0 spiro atoms. The molecule has 0 aromatic heterocycles. The SMILES string of the molecule is O=C(C1CNC1)N1CCOC(I)C1. The molecule has 1 amide bonds. The van der Waals surface area contributed by atoms with E-state index in [1.54, 1.807) is 0 Å². The molecule has 74 valence electrons. The van der Waals surface area contributed by atoms with Crippen LogP contribution in [0.15, 0.2) is 0 Å². The highest BCUT2D eigenvalue weighted by atomic mass is 127. The second-order valence-corrected chi connectivity index (χ2v) is 4.81. The average Bonchev–Trinajstić information content (AvgIpc) is 2.01. The number of alkyl halides is 1. The summed E-state index contributed by atoms with van der Waals surface area (Å²) in [6.07, 6.45) is 0. The Morgan fingerprint density at radius 3 is 2.85 bits per heavy atom. The Morgan fingerprint density at radius 2 is 2.31 bits per heavy atom. The van der Waals surface area contributed by atoms with Crippen LogP contribution in [0.2, 0.25) is 0 Å². The second-order valence-electron chi connectivity index (χ2n) is 3.42. The second kappa shape index (κ2) is 4.10. The zero-order chi connectivity index (χ0) is 9.26. The number of halogens is 1. The van der Waals surface area contributed by atoms with E-state index in [0.717, 1.165) is 26.2 Å². The van der Waals surface area contributed by atoms with Gasteiger partial charge in [-0.15, -0.1) is 0 Å². The number of hydrogen-bond acceptors (Lipinski definition) is 3. The molecule has 0 radical (unpaired) electrons. The summed E-state index contributed by atoms with van der Waals surface area (Å²) in [5.74, 6) is 0.519. The molecule has 4 nitrogen and oxygen atoms in total. The molecule has 0 bridgehead atoms. The third kappa shape index (κ3) is 2.13. The monoisotopic (exact) mass is 296 g/mol. The van der Waals surface area contributed by atoms with Gasteiger partial charge in [0, 0.05) is 19.6 Å². The number of carbonyl (C=O) groups excluding carboxylic acids is 1. The molecule has 2 heterocycles. The quantitative estimate of drug-likeness (QED) is 0.539. The van der Waals surface area contributed by atoms with Gasteiger partial charge < -0.3 is 15.0 Å². The molecule has 1 N–H and O–H groups in total. The summed E-state index contributed by atoms with van der Waals surface area (Å²) in [4.78, 5) is 13.7. The minimum Gasteiger partial charge on any atom is -0.364 e. The summed E-state index contributed by atoms with van der Waals surface area (Å²) < 4.78 is 5.54. The van der Waals surface area contributed by atoms with Crippen molar-refractivity contribution in [2.24, 2.45) is 5.92 Å². The fourth-order valence-corrected chi connectivity index (χ4v) is 2.26. The molecule has 13 heavy (non-hydrogen) atoms. The third-order valence-corrected chi connectivity index (χ3v) is 3.22. The van der Waals surface area contributed by atoms with Crippen LogP contribution in [0.25, 0.3) is 0 Å². The lowest BCUT2D eigenvalue weighted by atomic mass is 10.0. The summed E-state index contributed by atoms with van der Waals surface area (Å²) in [5.41, 5.74) is 0. The van der Waals surface area contributed by atoms with Gasteiger partial charge in [0.25, 0.3) is 0 Å². The van der Waals surface area contributed by atoms with Crippen LogP contribution in [0.4, 0.5) is 0 Å². The van der Waals surface area contributed by atoms with E-state index in [2.05, 4.69) is 27.9 Å². The molecular formula is C8H13IN2O2. The largest absolute Gasteiger partial charge is 0.364 e. The summed E-state index contributed by atoms with van der Waals surface area (Å²) in [7, 11) is 0. The van der Waals surface area contributed by atoms with E-state index >= 15 is 0 Å². The number of hydrogen-bond donors (Lipinski definition) is 1. The summed E-state index contributed by atoms with van der Waals surface area (Å²) in [6, 6.07) is 0. The third-order valence-electron chi connectivity index (χ3n) is 2.47. The van der Waals surface area contributed by atoms with Crippen molar-refractivity contribution >= 4 is 28.5 Å². The molecule has 2 fully saturated rings. The minimum atomic E-state index is 0.170. The van der Waals surface area contributed by atoms with Gasteiger partial charge in [-0.2, -0.15) is 0 Å². The van der Waals surface area contributed by atoms with Crippen molar-refractivity contribution in [2.45, 2.75) is 4.11 Å². The van der Waals surface area contributed by atoms with Crippen LogP contribution in [-0.4, -0.2) is 47.7 Å². The Balaban J connectivity index is 1.87. The highest BCUT2D eigenvalue weighted by Gasteiger charge is 2.31. The Kier molecular flexibility index (Phi) is 3.05. The van der Waals surface area contributed by atoms with Crippen molar-refractivity contribution in [3.8, 4) is 0 Å². The van der Waals surface area contributed by atoms with Crippen LogP contribution >= 0.6 is 22.6 Å².